The summed E-state index contributed by atoms with van der Waals surface area (Å²) in [6, 6.07) is 6.74. The Morgan fingerprint density at radius 1 is 1.12 bits per heavy atom. The van der Waals surface area contributed by atoms with E-state index < -0.39 is 0 Å². The molecule has 0 aliphatic rings. The maximum Gasteiger partial charge on any atom is 0.336 e. The van der Waals surface area contributed by atoms with Crippen molar-refractivity contribution < 1.29 is 14.0 Å². The molecule has 1 aromatic carbocycles. The summed E-state index contributed by atoms with van der Waals surface area (Å²) >= 11 is 1.34. The summed E-state index contributed by atoms with van der Waals surface area (Å²) in [5.41, 5.74) is 3.21. The summed E-state index contributed by atoms with van der Waals surface area (Å²) in [6.45, 7) is 5.18. The molecule has 0 aliphatic heterocycles. The number of hydrogen-bond acceptors (Lipinski definition) is 5. The van der Waals surface area contributed by atoms with Gasteiger partial charge in [-0.1, -0.05) is 0 Å². The van der Waals surface area contributed by atoms with E-state index in [1.807, 2.05) is 25.3 Å². The molecule has 2 aromatic heterocycles. The lowest BCUT2D eigenvalue weighted by atomic mass is 10.1. The van der Waals surface area contributed by atoms with Crippen molar-refractivity contribution in [1.29, 1.82) is 0 Å². The summed E-state index contributed by atoms with van der Waals surface area (Å²) in [6.07, 6.45) is 0.199. The molecule has 1 N–H and O–H groups in total. The number of fused-ring (bicyclic) bond motifs is 1. The summed E-state index contributed by atoms with van der Waals surface area (Å²) in [4.78, 5) is 35.8. The molecule has 3 rings (SSSR count). The zero-order valence-corrected chi connectivity index (χ0v) is 15.0. The first-order valence-electron chi connectivity index (χ1n) is 7.77. The topological polar surface area (TPSA) is 76.4 Å². The van der Waals surface area contributed by atoms with Gasteiger partial charge in [-0.3, -0.25) is 9.59 Å². The molecule has 128 valence electrons. The van der Waals surface area contributed by atoms with Crippen LogP contribution in [0.25, 0.3) is 11.0 Å². The van der Waals surface area contributed by atoms with Crippen LogP contribution in [0.15, 0.2) is 38.9 Å². The van der Waals surface area contributed by atoms with Gasteiger partial charge in [0.05, 0.1) is 11.3 Å². The lowest BCUT2D eigenvalue weighted by Gasteiger charge is -2.10. The van der Waals surface area contributed by atoms with Crippen LogP contribution >= 0.6 is 11.3 Å². The number of carbonyl (C=O) groups excluding carboxylic acids is 2. The predicted octanol–water partition coefficient (Wildman–Crippen LogP) is 3.86. The molecule has 3 aromatic rings. The summed E-state index contributed by atoms with van der Waals surface area (Å²) in [5.74, 6) is -0.163. The molecule has 0 saturated carbocycles. The maximum atomic E-state index is 12.3. The normalized spacial score (nSPS) is 10.8. The van der Waals surface area contributed by atoms with E-state index in [0.29, 0.717) is 16.1 Å². The minimum atomic E-state index is -0.389. The zero-order valence-electron chi connectivity index (χ0n) is 14.1. The molecule has 0 unspecified atom stereocenters. The lowest BCUT2D eigenvalue weighted by Crippen LogP contribution is -2.15. The van der Waals surface area contributed by atoms with Gasteiger partial charge < -0.3 is 9.73 Å². The molecule has 0 fully saturated rings. The average Bonchev–Trinajstić information content (AvgIpc) is 2.97. The van der Waals surface area contributed by atoms with Crippen LogP contribution in [0.4, 0.5) is 5.69 Å². The Morgan fingerprint density at radius 2 is 1.88 bits per heavy atom. The second kappa shape index (κ2) is 6.64. The van der Waals surface area contributed by atoms with Crippen LogP contribution < -0.4 is 10.9 Å². The molecule has 5 nitrogen and oxygen atoms in total. The summed E-state index contributed by atoms with van der Waals surface area (Å²) in [7, 11) is 0. The first-order valence-corrected chi connectivity index (χ1v) is 8.65. The average molecular weight is 355 g/mol. The Labute approximate surface area is 148 Å². The molecular formula is C19H17NO4S. The molecule has 0 aliphatic carbocycles. The van der Waals surface area contributed by atoms with Crippen molar-refractivity contribution in [3.05, 3.63) is 61.6 Å². The van der Waals surface area contributed by atoms with Gasteiger partial charge >= 0.3 is 5.63 Å². The van der Waals surface area contributed by atoms with Crippen LogP contribution in [0.3, 0.4) is 0 Å². The van der Waals surface area contributed by atoms with Gasteiger partial charge in [0.15, 0.2) is 5.78 Å². The number of benzene rings is 1. The van der Waals surface area contributed by atoms with Crippen LogP contribution in [-0.2, 0) is 11.2 Å². The molecule has 25 heavy (non-hydrogen) atoms. The minimum Gasteiger partial charge on any atom is -0.423 e. The third-order valence-corrected chi connectivity index (χ3v) is 5.02. The second-order valence-corrected chi connectivity index (χ2v) is 6.92. The SMILES string of the molecule is CC(=O)c1cc(CC(=O)Nc2cc3c(C)cc(=O)oc3cc2C)cs1. The van der Waals surface area contributed by atoms with Crippen LogP contribution in [0.2, 0.25) is 0 Å². The van der Waals surface area contributed by atoms with Crippen LogP contribution in [0, 0.1) is 13.8 Å². The van der Waals surface area contributed by atoms with Gasteiger partial charge in [0.2, 0.25) is 5.91 Å². The van der Waals surface area contributed by atoms with E-state index in [4.69, 9.17) is 4.42 Å². The van der Waals surface area contributed by atoms with E-state index in [1.54, 1.807) is 12.1 Å². The zero-order chi connectivity index (χ0) is 18.1. The quantitative estimate of drug-likeness (QED) is 0.569. The number of carbonyl (C=O) groups is 2. The van der Waals surface area contributed by atoms with E-state index in [-0.39, 0.29) is 23.7 Å². The highest BCUT2D eigenvalue weighted by Gasteiger charge is 2.12. The first-order chi connectivity index (χ1) is 11.8. The van der Waals surface area contributed by atoms with Gasteiger partial charge in [-0.2, -0.15) is 0 Å². The molecule has 0 atom stereocenters. The summed E-state index contributed by atoms with van der Waals surface area (Å²) < 4.78 is 5.21. The lowest BCUT2D eigenvalue weighted by molar-refractivity contribution is -0.115. The van der Waals surface area contributed by atoms with Crippen molar-refractivity contribution in [2.24, 2.45) is 0 Å². The highest BCUT2D eigenvalue weighted by Crippen LogP contribution is 2.25. The molecule has 6 heteroatoms. The molecule has 0 radical (unpaired) electrons. The van der Waals surface area contributed by atoms with Crippen LogP contribution in [0.1, 0.15) is 33.3 Å². The number of rotatable bonds is 4. The van der Waals surface area contributed by atoms with Gasteiger partial charge in [0.1, 0.15) is 5.58 Å². The number of aryl methyl sites for hydroxylation is 2. The smallest absolute Gasteiger partial charge is 0.336 e. The molecule has 1 amide bonds. The molecular weight excluding hydrogens is 338 g/mol. The monoisotopic (exact) mass is 355 g/mol. The van der Waals surface area contributed by atoms with E-state index in [0.717, 1.165) is 22.1 Å². The maximum absolute atomic E-state index is 12.3. The van der Waals surface area contributed by atoms with Gasteiger partial charge in [-0.15, -0.1) is 11.3 Å². The molecule has 0 bridgehead atoms. The predicted molar refractivity (Wildman–Crippen MR) is 98.6 cm³/mol. The number of thiophene rings is 1. The Bertz CT molecular complexity index is 1050. The number of nitrogens with one attached hydrogen (secondary N) is 1. The number of anilines is 1. The largest absolute Gasteiger partial charge is 0.423 e. The number of Topliss-reactive ketones (excluding diaryl/α,β-unsaturated/α-hetero) is 1. The fourth-order valence-corrected chi connectivity index (χ4v) is 3.45. The summed E-state index contributed by atoms with van der Waals surface area (Å²) in [5, 5.41) is 5.50. The van der Waals surface area contributed by atoms with Crippen molar-refractivity contribution in [2.75, 3.05) is 5.32 Å². The van der Waals surface area contributed by atoms with Crippen molar-refractivity contribution in [3.8, 4) is 0 Å². The Kier molecular flexibility index (Phi) is 4.55. The second-order valence-electron chi connectivity index (χ2n) is 6.01. The minimum absolute atomic E-state index is 0.000926. The van der Waals surface area contributed by atoms with Crippen molar-refractivity contribution >= 4 is 39.7 Å². The van der Waals surface area contributed by atoms with E-state index in [9.17, 15) is 14.4 Å². The highest BCUT2D eigenvalue weighted by molar-refractivity contribution is 7.12. The highest BCUT2D eigenvalue weighted by atomic mass is 32.1. The molecule has 2 heterocycles. The van der Waals surface area contributed by atoms with Crippen LogP contribution in [-0.4, -0.2) is 11.7 Å². The van der Waals surface area contributed by atoms with Crippen molar-refractivity contribution in [1.82, 2.24) is 0 Å². The van der Waals surface area contributed by atoms with Gasteiger partial charge in [-0.05, 0) is 61.0 Å². The van der Waals surface area contributed by atoms with E-state index >= 15 is 0 Å². The van der Waals surface area contributed by atoms with Gasteiger partial charge in [-0.25, -0.2) is 4.79 Å². The Hall–Kier alpha value is -2.73. The van der Waals surface area contributed by atoms with E-state index in [1.165, 1.54) is 24.3 Å². The number of amides is 1. The molecule has 0 spiro atoms. The van der Waals surface area contributed by atoms with Gasteiger partial charge in [0, 0.05) is 17.1 Å². The fourth-order valence-electron chi connectivity index (χ4n) is 2.63. The first kappa shape index (κ1) is 17.1. The van der Waals surface area contributed by atoms with Gasteiger partial charge in [0.25, 0.3) is 0 Å². The van der Waals surface area contributed by atoms with E-state index in [2.05, 4.69) is 5.32 Å². The Balaban J connectivity index is 1.84. The van der Waals surface area contributed by atoms with Crippen LogP contribution in [0.5, 0.6) is 0 Å². The van der Waals surface area contributed by atoms with Crippen molar-refractivity contribution in [3.63, 3.8) is 0 Å². The Morgan fingerprint density at radius 3 is 2.56 bits per heavy atom. The standard InChI is InChI=1S/C19H17NO4S/c1-10-5-19(23)24-16-4-11(2)15(8-14(10)16)20-18(22)7-13-6-17(12(3)21)25-9-13/h4-6,8-9H,7H2,1-3H3,(H,20,22). The number of hydrogen-bond donors (Lipinski definition) is 1. The van der Waals surface area contributed by atoms with Crippen molar-refractivity contribution in [2.45, 2.75) is 27.2 Å². The third kappa shape index (κ3) is 3.69. The fraction of sp³-hybridized carbons (Fsp3) is 0.211. The number of ketones is 1. The third-order valence-electron chi connectivity index (χ3n) is 3.94. The molecule has 0 saturated heterocycles.